The van der Waals surface area contributed by atoms with Crippen molar-refractivity contribution in [2.75, 3.05) is 25.6 Å². The van der Waals surface area contributed by atoms with E-state index in [0.29, 0.717) is 0 Å². The normalized spacial score (nSPS) is 30.7. The highest BCUT2D eigenvalue weighted by Gasteiger charge is 2.48. The number of aromatic nitrogens is 4. The molecule has 0 radical (unpaired) electrons. The van der Waals surface area contributed by atoms with E-state index in [1.54, 1.807) is 6.08 Å². The zero-order valence-corrected chi connectivity index (χ0v) is 30.4. The highest BCUT2D eigenvalue weighted by molar-refractivity contribution is 7.61. The molecule has 56 heavy (non-hydrogen) atoms. The van der Waals surface area contributed by atoms with Gasteiger partial charge in [0.25, 0.3) is 0 Å². The number of hydrogen-bond acceptors (Lipinski definition) is 23. The molecule has 0 saturated carbocycles. The lowest BCUT2D eigenvalue weighted by atomic mass is 10.0. The van der Waals surface area contributed by atoms with E-state index in [9.17, 15) is 48.9 Å². The minimum atomic E-state index is -5.37. The minimum Gasteiger partial charge on any atom is -0.394 e. The molecular weight excluding hydrogens is 804 g/mol. The molecule has 3 aliphatic heterocycles. The van der Waals surface area contributed by atoms with Gasteiger partial charge in [-0.05, 0) is 6.42 Å². The summed E-state index contributed by atoms with van der Waals surface area (Å²) in [5.41, 5.74) is 11.6. The third-order valence-corrected chi connectivity index (χ3v) is 10.9. The molecule has 2 aromatic heterocycles. The predicted octanol–water partition coefficient (Wildman–Crippen LogP) is -6.07. The maximum atomic E-state index is 12.4. The Balaban J connectivity index is 0.000000501. The Morgan fingerprint density at radius 3 is 2.05 bits per heavy atom. The predicted molar refractivity (Wildman–Crippen MR) is 179 cm³/mol. The quantitative estimate of drug-likeness (QED) is 0.0552. The average molecular weight is 846 g/mol. The summed E-state index contributed by atoms with van der Waals surface area (Å²) in [5, 5.41) is 85.2. The number of ether oxygens (including phenoxy) is 2. The highest BCUT2D eigenvalue weighted by Crippen LogP contribution is 2.60. The number of amides is 1. The van der Waals surface area contributed by atoms with Crippen molar-refractivity contribution < 1.29 is 97.3 Å². The summed E-state index contributed by atoms with van der Waals surface area (Å²) in [6, 6.07) is 0. The molecule has 5 rings (SSSR count). The number of carbonyl (C=O) groups is 2. The second-order valence-corrected chi connectivity index (χ2v) is 15.2. The molecule has 14 atom stereocenters. The topological polar surface area (TPSA) is 436 Å². The first-order chi connectivity index (χ1) is 26.2. The zero-order chi connectivity index (χ0) is 41.7. The van der Waals surface area contributed by atoms with Gasteiger partial charge in [-0.15, -0.1) is 0 Å². The number of hydrogen-bond donors (Lipinski definition) is 13. The largest absolute Gasteiger partial charge is 0.481 e. The van der Waals surface area contributed by atoms with E-state index in [-0.39, 0.29) is 35.3 Å². The Bertz CT molecular complexity index is 1840. The number of nitrogens with zero attached hydrogens (tertiary/aromatic N) is 5. The van der Waals surface area contributed by atoms with E-state index in [1.165, 1.54) is 28.2 Å². The number of nitrogen functional groups attached to an aromatic ring is 1. The fourth-order valence-corrected chi connectivity index (χ4v) is 7.39. The number of primary amides is 1. The van der Waals surface area contributed by atoms with Crippen LogP contribution in [0.5, 0.6) is 0 Å². The molecule has 2 fully saturated rings. The third kappa shape index (κ3) is 10.7. The Morgan fingerprint density at radius 2 is 1.50 bits per heavy atom. The molecule has 27 nitrogen and oxygen atoms in total. The number of phosphoric ester groups is 2. The number of aliphatic hydroxyl groups is 9. The van der Waals surface area contributed by atoms with Crippen LogP contribution in [0.15, 0.2) is 36.7 Å². The van der Waals surface area contributed by atoms with Gasteiger partial charge in [-0.1, -0.05) is 6.08 Å². The monoisotopic (exact) mass is 845 g/mol. The maximum absolute atomic E-state index is 12.4. The number of anilines is 1. The third-order valence-electron chi connectivity index (χ3n) is 8.30. The number of aldehydes is 1. The maximum Gasteiger partial charge on any atom is 0.481 e. The second kappa shape index (κ2) is 18.9. The minimum absolute atomic E-state index is 0.0258. The molecule has 3 aliphatic rings. The van der Waals surface area contributed by atoms with Gasteiger partial charge in [0, 0.05) is 18.0 Å². The number of phosphoric acid groups is 2. The van der Waals surface area contributed by atoms with Gasteiger partial charge in [-0.25, -0.2) is 24.1 Å². The lowest BCUT2D eigenvalue weighted by molar-refractivity contribution is -0.136. The summed E-state index contributed by atoms with van der Waals surface area (Å²) >= 11 is 0. The van der Waals surface area contributed by atoms with Crippen molar-refractivity contribution in [2.24, 2.45) is 5.73 Å². The Hall–Kier alpha value is -3.41. The summed E-state index contributed by atoms with van der Waals surface area (Å²) in [6.45, 7) is -2.55. The Morgan fingerprint density at radius 1 is 0.929 bits per heavy atom. The van der Waals surface area contributed by atoms with Crippen molar-refractivity contribution in [2.45, 2.75) is 79.9 Å². The van der Waals surface area contributed by atoms with Crippen molar-refractivity contribution in [3.63, 3.8) is 0 Å². The molecule has 29 heteroatoms. The van der Waals surface area contributed by atoms with Crippen LogP contribution in [0.1, 0.15) is 12.6 Å². The zero-order valence-electron chi connectivity index (χ0n) is 28.6. The van der Waals surface area contributed by atoms with Crippen LogP contribution in [-0.2, 0) is 41.6 Å². The Kier molecular flexibility index (Phi) is 15.3. The van der Waals surface area contributed by atoms with Crippen molar-refractivity contribution in [3.05, 3.63) is 36.7 Å². The molecule has 15 N–H and O–H groups in total. The molecule has 314 valence electrons. The van der Waals surface area contributed by atoms with E-state index in [2.05, 4.69) is 19.3 Å². The first kappa shape index (κ1) is 45.3. The van der Waals surface area contributed by atoms with Gasteiger partial charge in [-0.2, -0.15) is 4.31 Å². The number of aliphatic hydroxyl groups excluding tert-OH is 9. The van der Waals surface area contributed by atoms with Gasteiger partial charge >= 0.3 is 15.6 Å². The molecule has 2 aromatic rings. The van der Waals surface area contributed by atoms with E-state index >= 15 is 0 Å². The Labute approximate surface area is 314 Å². The number of carbonyl (C=O) groups excluding carboxylic acids is 2. The fraction of sp³-hybridized carbons (Fsp3) is 0.593. The summed E-state index contributed by atoms with van der Waals surface area (Å²) in [7, 11) is -10.7. The lowest BCUT2D eigenvalue weighted by Crippen LogP contribution is -2.46. The van der Waals surface area contributed by atoms with Crippen LogP contribution in [0, 0.1) is 0 Å². The molecule has 2 unspecified atom stereocenters. The van der Waals surface area contributed by atoms with Gasteiger partial charge < -0.3 is 86.4 Å². The van der Waals surface area contributed by atoms with E-state index in [0.717, 1.165) is 6.33 Å². The first-order valence-electron chi connectivity index (χ1n) is 16.1. The van der Waals surface area contributed by atoms with Crippen LogP contribution in [0.2, 0.25) is 0 Å². The van der Waals surface area contributed by atoms with Gasteiger partial charge in [0.05, 0.1) is 26.1 Å². The van der Waals surface area contributed by atoms with Crippen molar-refractivity contribution >= 4 is 44.8 Å². The fourth-order valence-electron chi connectivity index (χ4n) is 5.30. The average Bonchev–Trinajstić information content (AvgIpc) is 3.81. The lowest BCUT2D eigenvalue weighted by Gasteiger charge is -2.28. The van der Waals surface area contributed by atoms with Crippen LogP contribution in [0.4, 0.5) is 5.82 Å². The molecule has 0 aliphatic carbocycles. The van der Waals surface area contributed by atoms with Crippen LogP contribution in [0.25, 0.3) is 11.2 Å². The molecule has 0 aromatic carbocycles. The number of rotatable bonds is 16. The first-order valence-corrected chi connectivity index (χ1v) is 19.1. The number of imidazole rings is 1. The van der Waals surface area contributed by atoms with Crippen molar-refractivity contribution in [1.29, 1.82) is 0 Å². The van der Waals surface area contributed by atoms with Crippen LogP contribution >= 0.6 is 15.6 Å². The van der Waals surface area contributed by atoms with Gasteiger partial charge in [0.15, 0.2) is 30.2 Å². The molecule has 5 heterocycles. The van der Waals surface area contributed by atoms with E-state index in [1.807, 2.05) is 0 Å². The summed E-state index contributed by atoms with van der Waals surface area (Å²) in [5.74, 6) is -0.658. The smallest absolute Gasteiger partial charge is 0.394 e. The number of fused-ring (bicyclic) bond motifs is 1. The van der Waals surface area contributed by atoms with Crippen LogP contribution < -0.4 is 11.5 Å². The molecule has 2 saturated heterocycles. The SMILES string of the molecule is NC(=O)C1=CN([C@@H]2O[C@H](COP(=O)(O)OP(=O)(O)OC[C@H]3O[C@@H](n4cnc5c(N)ncnc54)[C@H](O)[C@@H]3O)[C@@H](O)[C@H]2O)C=CC1.O=C[C@H](O)[C@@H](O)[C@H](O)[C@H](O)CO. The van der Waals surface area contributed by atoms with E-state index < -0.39 is 115 Å². The van der Waals surface area contributed by atoms with Crippen LogP contribution in [0.3, 0.4) is 0 Å². The van der Waals surface area contributed by atoms with Gasteiger partial charge in [-0.3, -0.25) is 18.4 Å². The van der Waals surface area contributed by atoms with E-state index in [4.69, 9.17) is 55.5 Å². The van der Waals surface area contributed by atoms with Crippen LogP contribution in [-0.4, -0.2) is 179 Å². The highest BCUT2D eigenvalue weighted by atomic mass is 31.3. The second-order valence-electron chi connectivity index (χ2n) is 12.2. The van der Waals surface area contributed by atoms with Crippen molar-refractivity contribution in [3.8, 4) is 0 Å². The van der Waals surface area contributed by atoms with Gasteiger partial charge in [0.2, 0.25) is 5.91 Å². The van der Waals surface area contributed by atoms with Gasteiger partial charge in [0.1, 0.15) is 72.9 Å². The summed E-state index contributed by atoms with van der Waals surface area (Å²) < 4.78 is 50.8. The molecule has 0 spiro atoms. The number of allylic oxidation sites excluding steroid dienone is 1. The molecule has 0 bridgehead atoms. The summed E-state index contributed by atoms with van der Waals surface area (Å²) in [4.78, 5) is 54.5. The molecule has 1 amide bonds. The summed E-state index contributed by atoms with van der Waals surface area (Å²) in [6.07, 6.45) is -11.7. The standard InChI is InChI=1S/C21H29N7O14P2.C6H12O6/c22-17-12-19(25-7-24-17)28(8-26-12)21-16(32)14(30)11(41-21)6-39-44(36,37)42-43(34,35)38-5-10-13(29)15(31)20(40-10)27-3-1-2-9(4-27)18(23)33;7-1-3(9)5(11)6(12)4(10)2-8/h1,3-4,7-8,10-11,13-16,20-21,29-32H,2,5-6H2,(H2,23,33)(H,34,35)(H,36,37)(H2,22,24,25);1,3-6,8-12H,2H2/t10-,11-,13-,14-,15-,16-,20-,21-;3-,4+,5+,6+/m10/s1. The van der Waals surface area contributed by atoms with Crippen molar-refractivity contribution in [1.82, 2.24) is 24.4 Å². The molecular formula is C27H41N7O20P2. The number of nitrogens with two attached hydrogens (primary N) is 2.